The van der Waals surface area contributed by atoms with Crippen molar-refractivity contribution in [2.45, 2.75) is 57.4 Å². The first kappa shape index (κ1) is 33.5. The lowest BCUT2D eigenvalue weighted by atomic mass is 10.0. The van der Waals surface area contributed by atoms with E-state index in [1.807, 2.05) is 42.5 Å². The van der Waals surface area contributed by atoms with Gasteiger partial charge >= 0.3 is 12.1 Å². The third-order valence-electron chi connectivity index (χ3n) is 7.22. The van der Waals surface area contributed by atoms with Crippen LogP contribution < -0.4 is 15.0 Å². The molecule has 2 amide bonds. The molecule has 1 heterocycles. The standard InChI is InChI=1S/C35H41N3O6S/c1-35(2,3)44-34(42)37-30(33(41)38(4)25-13-15-26(43-5)16-14-25)20-24-10-8-9-23(19-24)17-18-45-22-31-28(21-32(39)40)27-11-6-7-12-29(27)36-31/h6-16,19,30,36H,17-18,20-22H2,1-5H3,(H,37,42)(H,39,40). The lowest BCUT2D eigenvalue weighted by Gasteiger charge is -2.27. The van der Waals surface area contributed by atoms with Crippen LogP contribution in [0.2, 0.25) is 0 Å². The number of alkyl carbamates (subject to hydrolysis) is 1. The van der Waals surface area contributed by atoms with Gasteiger partial charge in [0.25, 0.3) is 0 Å². The summed E-state index contributed by atoms with van der Waals surface area (Å²) in [7, 11) is 3.26. The molecule has 1 aromatic heterocycles. The smallest absolute Gasteiger partial charge is 0.408 e. The van der Waals surface area contributed by atoms with Gasteiger partial charge in [0.05, 0.1) is 13.5 Å². The second-order valence-electron chi connectivity index (χ2n) is 11.8. The SMILES string of the molecule is COc1ccc(N(C)C(=O)C(Cc2cccc(CCSCc3[nH]c4ccccc4c3CC(=O)O)c2)NC(=O)OC(C)(C)C)cc1. The number of carboxylic acids is 1. The van der Waals surface area contributed by atoms with Crippen molar-refractivity contribution < 1.29 is 29.0 Å². The Hall–Kier alpha value is -4.44. The third-order valence-corrected chi connectivity index (χ3v) is 8.21. The van der Waals surface area contributed by atoms with Crippen molar-refractivity contribution >= 4 is 46.3 Å². The Kier molecular flexibility index (Phi) is 11.2. The summed E-state index contributed by atoms with van der Waals surface area (Å²) >= 11 is 1.73. The molecule has 4 rings (SSSR count). The van der Waals surface area contributed by atoms with Gasteiger partial charge in [0.15, 0.2) is 0 Å². The fraction of sp³-hybridized carbons (Fsp3) is 0.343. The molecular weight excluding hydrogens is 590 g/mol. The molecule has 0 aliphatic heterocycles. The number of likely N-dealkylation sites (N-methyl/N-ethyl adjacent to an activating group) is 1. The van der Waals surface area contributed by atoms with Crippen molar-refractivity contribution in [3.63, 3.8) is 0 Å². The fourth-order valence-electron chi connectivity index (χ4n) is 5.06. The summed E-state index contributed by atoms with van der Waals surface area (Å²) in [6.07, 6.45) is 0.396. The first-order valence-electron chi connectivity index (χ1n) is 14.8. The van der Waals surface area contributed by atoms with Crippen molar-refractivity contribution in [3.05, 3.63) is 95.2 Å². The van der Waals surface area contributed by atoms with Crippen LogP contribution in [0.3, 0.4) is 0 Å². The highest BCUT2D eigenvalue weighted by molar-refractivity contribution is 7.98. The van der Waals surface area contributed by atoms with Gasteiger partial charge in [0.2, 0.25) is 5.91 Å². The van der Waals surface area contributed by atoms with E-state index < -0.39 is 23.7 Å². The average molecular weight is 632 g/mol. The quantitative estimate of drug-likeness (QED) is 0.147. The number of fused-ring (bicyclic) bond motifs is 1. The van der Waals surface area contributed by atoms with Gasteiger partial charge in [-0.05, 0) is 80.0 Å². The molecule has 4 aromatic rings. The molecule has 0 radical (unpaired) electrons. The number of aromatic nitrogens is 1. The number of benzene rings is 3. The second kappa shape index (κ2) is 15.0. The number of thioether (sulfide) groups is 1. The molecule has 0 bridgehead atoms. The van der Waals surface area contributed by atoms with Crippen molar-refractivity contribution in [2.24, 2.45) is 0 Å². The van der Waals surface area contributed by atoms with Gasteiger partial charge in [-0.15, -0.1) is 0 Å². The Labute approximate surface area is 268 Å². The van der Waals surface area contributed by atoms with E-state index in [4.69, 9.17) is 9.47 Å². The zero-order valence-corrected chi connectivity index (χ0v) is 27.2. The summed E-state index contributed by atoms with van der Waals surface area (Å²) in [5.74, 6) is 1.05. The lowest BCUT2D eigenvalue weighted by molar-refractivity contribution is -0.136. The lowest BCUT2D eigenvalue weighted by Crippen LogP contribution is -2.50. The molecule has 3 aromatic carbocycles. The number of rotatable bonds is 13. The Morgan fingerprint density at radius 2 is 1.71 bits per heavy atom. The normalized spacial score (nSPS) is 12.0. The third kappa shape index (κ3) is 9.52. The molecule has 0 saturated heterocycles. The van der Waals surface area contributed by atoms with E-state index >= 15 is 0 Å². The van der Waals surface area contributed by atoms with Crippen molar-refractivity contribution in [1.82, 2.24) is 10.3 Å². The van der Waals surface area contributed by atoms with Crippen molar-refractivity contribution in [3.8, 4) is 5.75 Å². The van der Waals surface area contributed by atoms with Gasteiger partial charge in [0.1, 0.15) is 17.4 Å². The van der Waals surface area contributed by atoms with Crippen molar-refractivity contribution in [2.75, 3.05) is 24.8 Å². The number of hydrogen-bond donors (Lipinski definition) is 3. The number of carbonyl (C=O) groups excluding carboxylic acids is 2. The molecule has 1 unspecified atom stereocenters. The minimum absolute atomic E-state index is 0.0210. The van der Waals surface area contributed by atoms with Crippen LogP contribution in [0.1, 0.15) is 43.2 Å². The summed E-state index contributed by atoms with van der Waals surface area (Å²) in [6.45, 7) is 5.33. The first-order valence-corrected chi connectivity index (χ1v) is 16.0. The van der Waals surface area contributed by atoms with Crippen LogP contribution in [0.15, 0.2) is 72.8 Å². The molecule has 9 nitrogen and oxygen atoms in total. The van der Waals surface area contributed by atoms with E-state index in [0.29, 0.717) is 17.2 Å². The molecule has 1 atom stereocenters. The van der Waals surface area contributed by atoms with Crippen LogP contribution in [0.5, 0.6) is 5.75 Å². The van der Waals surface area contributed by atoms with Crippen LogP contribution in [0.25, 0.3) is 10.9 Å². The number of hydrogen-bond acceptors (Lipinski definition) is 6. The molecule has 45 heavy (non-hydrogen) atoms. The number of amides is 2. The van der Waals surface area contributed by atoms with Gasteiger partial charge in [-0.2, -0.15) is 11.8 Å². The van der Waals surface area contributed by atoms with E-state index in [1.165, 1.54) is 4.90 Å². The van der Waals surface area contributed by atoms with Crippen LogP contribution in [-0.2, 0) is 39.3 Å². The first-order chi connectivity index (χ1) is 21.4. The minimum Gasteiger partial charge on any atom is -0.497 e. The maximum atomic E-state index is 13.7. The fourth-order valence-corrected chi connectivity index (χ4v) is 6.04. The predicted octanol–water partition coefficient (Wildman–Crippen LogP) is 6.38. The Balaban J connectivity index is 1.43. The number of ether oxygens (including phenoxy) is 2. The molecule has 0 saturated carbocycles. The number of aromatic amines is 1. The van der Waals surface area contributed by atoms with Crippen LogP contribution in [0.4, 0.5) is 10.5 Å². The highest BCUT2D eigenvalue weighted by atomic mass is 32.2. The van der Waals surface area contributed by atoms with E-state index in [0.717, 1.165) is 45.5 Å². The monoisotopic (exact) mass is 631 g/mol. The number of nitrogens with zero attached hydrogens (tertiary/aromatic N) is 1. The number of H-pyrrole nitrogens is 1. The number of anilines is 1. The van der Waals surface area contributed by atoms with Gasteiger partial charge < -0.3 is 29.8 Å². The van der Waals surface area contributed by atoms with Crippen molar-refractivity contribution in [1.29, 1.82) is 0 Å². The summed E-state index contributed by atoms with van der Waals surface area (Å²) in [5, 5.41) is 13.2. The molecule has 3 N–H and O–H groups in total. The maximum absolute atomic E-state index is 13.7. The second-order valence-corrected chi connectivity index (χ2v) is 12.9. The van der Waals surface area contributed by atoms with Gasteiger partial charge in [-0.25, -0.2) is 4.79 Å². The van der Waals surface area contributed by atoms with Gasteiger partial charge in [-0.3, -0.25) is 9.59 Å². The molecular formula is C35H41N3O6S. The topological polar surface area (TPSA) is 121 Å². The maximum Gasteiger partial charge on any atom is 0.408 e. The zero-order chi connectivity index (χ0) is 32.6. The van der Waals surface area contributed by atoms with Crippen LogP contribution >= 0.6 is 11.8 Å². The largest absolute Gasteiger partial charge is 0.497 e. The minimum atomic E-state index is -0.855. The van der Waals surface area contributed by atoms with E-state index in [1.54, 1.807) is 71.0 Å². The Bertz CT molecular complexity index is 1630. The summed E-state index contributed by atoms with van der Waals surface area (Å²) in [4.78, 5) is 42.8. The predicted molar refractivity (Wildman–Crippen MR) is 179 cm³/mol. The number of aliphatic carboxylic acids is 1. The number of para-hydroxylation sites is 1. The molecule has 10 heteroatoms. The average Bonchev–Trinajstić information content (AvgIpc) is 3.34. The molecule has 238 valence electrons. The van der Waals surface area contributed by atoms with Crippen LogP contribution in [-0.4, -0.2) is 59.6 Å². The number of carbonyl (C=O) groups is 3. The van der Waals surface area contributed by atoms with E-state index in [-0.39, 0.29) is 18.7 Å². The Morgan fingerprint density at radius 3 is 2.40 bits per heavy atom. The molecule has 0 fully saturated rings. The summed E-state index contributed by atoms with van der Waals surface area (Å²) < 4.78 is 10.7. The van der Waals surface area contributed by atoms with Gasteiger partial charge in [-0.1, -0.05) is 42.5 Å². The summed E-state index contributed by atoms with van der Waals surface area (Å²) in [6, 6.07) is 22.1. The number of carboxylic acid groups (broad SMARTS) is 1. The molecule has 0 aliphatic carbocycles. The molecule has 0 aliphatic rings. The zero-order valence-electron chi connectivity index (χ0n) is 26.4. The highest BCUT2D eigenvalue weighted by Crippen LogP contribution is 2.27. The number of aryl methyl sites for hydroxylation is 1. The van der Waals surface area contributed by atoms with Crippen LogP contribution in [0, 0.1) is 0 Å². The molecule has 0 spiro atoms. The highest BCUT2D eigenvalue weighted by Gasteiger charge is 2.28. The van der Waals surface area contributed by atoms with Gasteiger partial charge in [0, 0.05) is 41.5 Å². The van der Waals surface area contributed by atoms with E-state index in [9.17, 15) is 19.5 Å². The Morgan fingerprint density at radius 1 is 1.00 bits per heavy atom. The number of methoxy groups -OCH3 is 1. The number of nitrogens with one attached hydrogen (secondary N) is 2. The summed E-state index contributed by atoms with van der Waals surface area (Å²) in [5.41, 5.74) is 4.69. The van der Waals surface area contributed by atoms with E-state index in [2.05, 4.69) is 16.4 Å².